The van der Waals surface area contributed by atoms with Gasteiger partial charge in [0.1, 0.15) is 11.9 Å². The molecule has 0 saturated carbocycles. The molecule has 28 heavy (non-hydrogen) atoms. The zero-order valence-corrected chi connectivity index (χ0v) is 17.7. The Kier molecular flexibility index (Phi) is 7.87. The van der Waals surface area contributed by atoms with Crippen molar-refractivity contribution in [1.29, 1.82) is 0 Å². The molecule has 0 spiro atoms. The molecule has 152 valence electrons. The maximum Gasteiger partial charge on any atom is 0.191 e. The Morgan fingerprint density at radius 2 is 1.86 bits per heavy atom. The predicted molar refractivity (Wildman–Crippen MR) is 114 cm³/mol. The van der Waals surface area contributed by atoms with Gasteiger partial charge in [-0.05, 0) is 42.7 Å². The van der Waals surface area contributed by atoms with Crippen LogP contribution in [0.5, 0.6) is 5.75 Å². The second-order valence-corrected chi connectivity index (χ2v) is 8.62. The van der Waals surface area contributed by atoms with Crippen molar-refractivity contribution < 1.29 is 13.2 Å². The highest BCUT2D eigenvalue weighted by Gasteiger charge is 2.12. The number of aliphatic imine (C=N–C) groups is 1. The van der Waals surface area contributed by atoms with E-state index >= 15 is 0 Å². The molecule has 2 N–H and O–H groups in total. The number of guanidine groups is 1. The molecule has 0 fully saturated rings. The Balaban J connectivity index is 1.89. The summed E-state index contributed by atoms with van der Waals surface area (Å²) in [7, 11) is -1.49. The SMILES string of the molecule is CCC(CNC(=NC)NCc1ccc(S(C)(=O)=O)c(C)c1)Oc1ccccc1. The second-order valence-electron chi connectivity index (χ2n) is 6.64. The molecule has 1 unspecified atom stereocenters. The highest BCUT2D eigenvalue weighted by molar-refractivity contribution is 7.90. The second kappa shape index (κ2) is 10.1. The van der Waals surface area contributed by atoms with Crippen LogP contribution in [0.25, 0.3) is 0 Å². The van der Waals surface area contributed by atoms with Gasteiger partial charge in [0.05, 0.1) is 11.4 Å². The number of hydrogen-bond acceptors (Lipinski definition) is 4. The van der Waals surface area contributed by atoms with Crippen molar-refractivity contribution in [3.05, 3.63) is 59.7 Å². The molecule has 0 saturated heterocycles. The summed E-state index contributed by atoms with van der Waals surface area (Å²) < 4.78 is 29.4. The van der Waals surface area contributed by atoms with Gasteiger partial charge in [-0.25, -0.2) is 8.42 Å². The molecule has 2 aromatic rings. The third-order valence-electron chi connectivity index (χ3n) is 4.32. The topological polar surface area (TPSA) is 79.8 Å². The number of nitrogens with one attached hydrogen (secondary N) is 2. The molecule has 0 radical (unpaired) electrons. The monoisotopic (exact) mass is 403 g/mol. The summed E-state index contributed by atoms with van der Waals surface area (Å²) in [6.07, 6.45) is 2.11. The van der Waals surface area contributed by atoms with E-state index in [1.54, 1.807) is 20.0 Å². The summed E-state index contributed by atoms with van der Waals surface area (Å²) in [4.78, 5) is 4.60. The van der Waals surface area contributed by atoms with Gasteiger partial charge in [0.2, 0.25) is 0 Å². The van der Waals surface area contributed by atoms with E-state index in [2.05, 4.69) is 22.5 Å². The molecule has 7 heteroatoms. The molecule has 2 rings (SSSR count). The normalized spacial score (nSPS) is 13.1. The lowest BCUT2D eigenvalue weighted by molar-refractivity contribution is 0.199. The zero-order valence-electron chi connectivity index (χ0n) is 16.9. The Labute approximate surface area is 168 Å². The number of nitrogens with zero attached hydrogens (tertiary/aromatic N) is 1. The van der Waals surface area contributed by atoms with Crippen molar-refractivity contribution in [3.63, 3.8) is 0 Å². The predicted octanol–water partition coefficient (Wildman–Crippen LogP) is 2.92. The van der Waals surface area contributed by atoms with Gasteiger partial charge in [-0.3, -0.25) is 4.99 Å². The molecule has 0 aliphatic carbocycles. The quantitative estimate of drug-likeness (QED) is 0.523. The van der Waals surface area contributed by atoms with Gasteiger partial charge in [-0.1, -0.05) is 37.3 Å². The van der Waals surface area contributed by atoms with Crippen LogP contribution >= 0.6 is 0 Å². The van der Waals surface area contributed by atoms with Crippen molar-refractivity contribution in [3.8, 4) is 5.75 Å². The number of benzene rings is 2. The van der Waals surface area contributed by atoms with Gasteiger partial charge in [0.15, 0.2) is 15.8 Å². The van der Waals surface area contributed by atoms with Gasteiger partial charge >= 0.3 is 0 Å². The van der Waals surface area contributed by atoms with Gasteiger partial charge < -0.3 is 15.4 Å². The third kappa shape index (κ3) is 6.56. The average molecular weight is 404 g/mol. The fourth-order valence-corrected chi connectivity index (χ4v) is 3.77. The number of para-hydroxylation sites is 1. The minimum atomic E-state index is -3.20. The Bertz CT molecular complexity index is 896. The van der Waals surface area contributed by atoms with Crippen LogP contribution in [0.2, 0.25) is 0 Å². The van der Waals surface area contributed by atoms with Crippen molar-refractivity contribution in [2.75, 3.05) is 19.8 Å². The van der Waals surface area contributed by atoms with E-state index in [0.717, 1.165) is 23.3 Å². The number of rotatable bonds is 8. The first-order valence-corrected chi connectivity index (χ1v) is 11.2. The van der Waals surface area contributed by atoms with E-state index in [9.17, 15) is 8.42 Å². The zero-order chi connectivity index (χ0) is 20.6. The van der Waals surface area contributed by atoms with Crippen molar-refractivity contribution in [2.24, 2.45) is 4.99 Å². The number of hydrogen-bond donors (Lipinski definition) is 2. The number of aryl methyl sites for hydroxylation is 1. The van der Waals surface area contributed by atoms with E-state index in [0.29, 0.717) is 23.9 Å². The van der Waals surface area contributed by atoms with Gasteiger partial charge in [-0.15, -0.1) is 0 Å². The first kappa shape index (κ1) is 21.8. The lowest BCUT2D eigenvalue weighted by Crippen LogP contribution is -2.42. The third-order valence-corrected chi connectivity index (χ3v) is 5.58. The van der Waals surface area contributed by atoms with Crippen LogP contribution in [0, 0.1) is 6.92 Å². The fraction of sp³-hybridized carbons (Fsp3) is 0.381. The van der Waals surface area contributed by atoms with E-state index in [1.165, 1.54) is 6.26 Å². The van der Waals surface area contributed by atoms with Crippen LogP contribution < -0.4 is 15.4 Å². The van der Waals surface area contributed by atoms with Crippen LogP contribution in [-0.2, 0) is 16.4 Å². The maximum absolute atomic E-state index is 11.7. The summed E-state index contributed by atoms with van der Waals surface area (Å²) in [6, 6.07) is 15.1. The Hall–Kier alpha value is -2.54. The molecule has 0 amide bonds. The standard InChI is InChI=1S/C21H29N3O3S/c1-5-18(27-19-9-7-6-8-10-19)15-24-21(22-3)23-14-17-11-12-20(16(2)13-17)28(4,25)26/h6-13,18H,5,14-15H2,1-4H3,(H2,22,23,24). The highest BCUT2D eigenvalue weighted by Crippen LogP contribution is 2.16. The molecule has 2 aromatic carbocycles. The van der Waals surface area contributed by atoms with Crippen LogP contribution in [0.1, 0.15) is 24.5 Å². The lowest BCUT2D eigenvalue weighted by atomic mass is 10.1. The molecule has 0 bridgehead atoms. The molecule has 0 aliphatic rings. The first-order chi connectivity index (χ1) is 13.3. The number of ether oxygens (including phenoxy) is 1. The Morgan fingerprint density at radius 1 is 1.14 bits per heavy atom. The molecule has 0 aliphatic heterocycles. The molecule has 6 nitrogen and oxygen atoms in total. The number of sulfone groups is 1. The first-order valence-electron chi connectivity index (χ1n) is 9.29. The molecule has 0 aromatic heterocycles. The molecular formula is C21H29N3O3S. The van der Waals surface area contributed by atoms with Crippen molar-refractivity contribution in [2.45, 2.75) is 37.8 Å². The van der Waals surface area contributed by atoms with Crippen LogP contribution in [0.4, 0.5) is 0 Å². The van der Waals surface area contributed by atoms with Gasteiger partial charge in [-0.2, -0.15) is 0 Å². The van der Waals surface area contributed by atoms with Crippen molar-refractivity contribution >= 4 is 15.8 Å². The Morgan fingerprint density at radius 3 is 2.43 bits per heavy atom. The summed E-state index contributed by atoms with van der Waals surface area (Å²) in [5, 5.41) is 6.53. The van der Waals surface area contributed by atoms with E-state index < -0.39 is 9.84 Å². The van der Waals surface area contributed by atoms with E-state index in [4.69, 9.17) is 4.74 Å². The smallest absolute Gasteiger partial charge is 0.191 e. The summed E-state index contributed by atoms with van der Waals surface area (Å²) in [6.45, 7) is 5.05. The summed E-state index contributed by atoms with van der Waals surface area (Å²) in [5.41, 5.74) is 1.73. The lowest BCUT2D eigenvalue weighted by Gasteiger charge is -2.20. The maximum atomic E-state index is 11.7. The molecule has 0 heterocycles. The summed E-state index contributed by atoms with van der Waals surface area (Å²) >= 11 is 0. The summed E-state index contributed by atoms with van der Waals surface area (Å²) in [5.74, 6) is 1.51. The minimum Gasteiger partial charge on any atom is -0.489 e. The van der Waals surface area contributed by atoms with Gasteiger partial charge in [0.25, 0.3) is 0 Å². The molecule has 1 atom stereocenters. The van der Waals surface area contributed by atoms with E-state index in [1.807, 2.05) is 42.5 Å². The largest absolute Gasteiger partial charge is 0.489 e. The van der Waals surface area contributed by atoms with E-state index in [-0.39, 0.29) is 6.10 Å². The van der Waals surface area contributed by atoms with Crippen LogP contribution in [0.3, 0.4) is 0 Å². The fourth-order valence-electron chi connectivity index (χ4n) is 2.82. The van der Waals surface area contributed by atoms with Crippen LogP contribution in [-0.4, -0.2) is 40.3 Å². The van der Waals surface area contributed by atoms with Crippen LogP contribution in [0.15, 0.2) is 58.4 Å². The minimum absolute atomic E-state index is 0.0252. The molecular weight excluding hydrogens is 374 g/mol. The highest BCUT2D eigenvalue weighted by atomic mass is 32.2. The van der Waals surface area contributed by atoms with Gasteiger partial charge in [0, 0.05) is 19.8 Å². The average Bonchev–Trinajstić information content (AvgIpc) is 2.67. The van der Waals surface area contributed by atoms with Crippen molar-refractivity contribution in [1.82, 2.24) is 10.6 Å².